The smallest absolute Gasteiger partial charge is 0.268 e. The van der Waals surface area contributed by atoms with E-state index >= 15 is 0 Å². The maximum Gasteiger partial charge on any atom is 0.268 e. The van der Waals surface area contributed by atoms with E-state index in [0.29, 0.717) is 32.3 Å². The van der Waals surface area contributed by atoms with Crippen LogP contribution in [-0.2, 0) is 13.7 Å². The molecular weight excluding hydrogens is 396 g/mol. The van der Waals surface area contributed by atoms with Gasteiger partial charge in [-0.25, -0.2) is 0 Å². The fourth-order valence-electron chi connectivity index (χ4n) is 2.55. The summed E-state index contributed by atoms with van der Waals surface area (Å²) in [5.41, 5.74) is 1.65. The van der Waals surface area contributed by atoms with Gasteiger partial charge < -0.3 is 14.0 Å². The summed E-state index contributed by atoms with van der Waals surface area (Å²) in [5, 5.41) is 9.50. The molecule has 0 spiro atoms. The summed E-state index contributed by atoms with van der Waals surface area (Å²) in [4.78, 5) is 12.3. The maximum atomic E-state index is 12.3. The number of aromatic nitrogens is 1. The largest absolute Gasteiger partial charge is 0.493 e. The van der Waals surface area contributed by atoms with Gasteiger partial charge in [-0.15, -0.1) is 11.3 Å². The number of nitriles is 1. The summed E-state index contributed by atoms with van der Waals surface area (Å²) in [6.45, 7) is 0.384. The number of methoxy groups -OCH3 is 1. The maximum absolute atomic E-state index is 12.3. The van der Waals surface area contributed by atoms with Gasteiger partial charge >= 0.3 is 0 Å². The number of ether oxygens (including phenoxy) is 2. The zero-order valence-electron chi connectivity index (χ0n) is 15.3. The number of halogens is 1. The van der Waals surface area contributed by atoms with Gasteiger partial charge in [0.2, 0.25) is 0 Å². The highest BCUT2D eigenvalue weighted by atomic mass is 35.5. The Balaban J connectivity index is 1.88. The van der Waals surface area contributed by atoms with E-state index in [1.807, 2.05) is 42.5 Å². The average molecular weight is 413 g/mol. The van der Waals surface area contributed by atoms with E-state index < -0.39 is 0 Å². The Bertz CT molecular complexity index is 1200. The fraction of sp³-hybridized carbons (Fsp3) is 0.143. The van der Waals surface area contributed by atoms with Crippen molar-refractivity contribution in [2.45, 2.75) is 6.61 Å². The SMILES string of the molecule is COc1cc(/C=c2\s/c(=C\C#N)n(C)c2=O)ccc1OCc1ccc(Cl)cc1. The number of nitrogens with zero attached hydrogens (tertiary/aromatic N) is 2. The first-order chi connectivity index (χ1) is 13.5. The molecule has 0 amide bonds. The quantitative estimate of drug-likeness (QED) is 0.646. The molecule has 3 rings (SSSR count). The van der Waals surface area contributed by atoms with Crippen LogP contribution in [0.3, 0.4) is 0 Å². The molecule has 1 aromatic heterocycles. The van der Waals surface area contributed by atoms with Crippen molar-refractivity contribution in [2.75, 3.05) is 7.11 Å². The molecular formula is C21H17ClN2O3S. The van der Waals surface area contributed by atoms with E-state index in [0.717, 1.165) is 11.1 Å². The summed E-state index contributed by atoms with van der Waals surface area (Å²) in [7, 11) is 3.21. The first kappa shape index (κ1) is 19.7. The van der Waals surface area contributed by atoms with Crippen molar-refractivity contribution < 1.29 is 9.47 Å². The van der Waals surface area contributed by atoms with Crippen molar-refractivity contribution >= 4 is 35.1 Å². The second-order valence-electron chi connectivity index (χ2n) is 5.91. The Hall–Kier alpha value is -3.01. The van der Waals surface area contributed by atoms with Gasteiger partial charge in [0.05, 0.1) is 17.7 Å². The third kappa shape index (κ3) is 4.45. The lowest BCUT2D eigenvalue weighted by Gasteiger charge is -2.11. The standard InChI is InChI=1S/C21H17ClN2O3S/c1-24-20(9-10-23)28-19(21(24)25)12-15-5-8-17(18(11-15)26-2)27-13-14-3-6-16(22)7-4-14/h3-9,11-12H,13H2,1-2H3/b19-12-,20-9-. The molecule has 0 saturated carbocycles. The van der Waals surface area contributed by atoms with Crippen LogP contribution in [0.15, 0.2) is 47.3 Å². The molecule has 0 unspecified atom stereocenters. The van der Waals surface area contributed by atoms with E-state index in [9.17, 15) is 4.79 Å². The van der Waals surface area contributed by atoms with Crippen molar-refractivity contribution in [3.05, 3.63) is 78.2 Å². The highest BCUT2D eigenvalue weighted by Gasteiger charge is 2.07. The first-order valence-electron chi connectivity index (χ1n) is 8.34. The van der Waals surface area contributed by atoms with Crippen LogP contribution in [0.4, 0.5) is 0 Å². The third-order valence-corrected chi connectivity index (χ3v) is 5.41. The van der Waals surface area contributed by atoms with Crippen molar-refractivity contribution in [3.63, 3.8) is 0 Å². The van der Waals surface area contributed by atoms with Crippen molar-refractivity contribution in [2.24, 2.45) is 7.05 Å². The summed E-state index contributed by atoms with van der Waals surface area (Å²) >= 11 is 7.16. The number of hydrogen-bond donors (Lipinski definition) is 0. The predicted octanol–water partition coefficient (Wildman–Crippen LogP) is 2.82. The second-order valence-corrected chi connectivity index (χ2v) is 7.41. The summed E-state index contributed by atoms with van der Waals surface area (Å²) in [5.74, 6) is 1.17. The van der Waals surface area contributed by atoms with E-state index in [2.05, 4.69) is 0 Å². The van der Waals surface area contributed by atoms with Crippen LogP contribution < -0.4 is 24.2 Å². The topological polar surface area (TPSA) is 64.2 Å². The molecule has 0 radical (unpaired) electrons. The van der Waals surface area contributed by atoms with E-state index in [-0.39, 0.29) is 5.56 Å². The summed E-state index contributed by atoms with van der Waals surface area (Å²) in [6.07, 6.45) is 3.13. The van der Waals surface area contributed by atoms with Gasteiger partial charge in [-0.05, 0) is 41.5 Å². The average Bonchev–Trinajstić information content (AvgIpc) is 2.96. The Kier molecular flexibility index (Phi) is 6.19. The minimum Gasteiger partial charge on any atom is -0.493 e. The van der Waals surface area contributed by atoms with Gasteiger partial charge in [0.15, 0.2) is 11.5 Å². The minimum absolute atomic E-state index is 0.145. The lowest BCUT2D eigenvalue weighted by atomic mass is 10.2. The fourth-order valence-corrected chi connectivity index (χ4v) is 3.65. The lowest BCUT2D eigenvalue weighted by molar-refractivity contribution is 0.284. The van der Waals surface area contributed by atoms with Gasteiger partial charge in [0.1, 0.15) is 11.3 Å². The van der Waals surface area contributed by atoms with E-state index in [4.69, 9.17) is 26.3 Å². The lowest BCUT2D eigenvalue weighted by Crippen LogP contribution is -2.28. The predicted molar refractivity (Wildman–Crippen MR) is 111 cm³/mol. The third-order valence-electron chi connectivity index (χ3n) is 4.04. The summed E-state index contributed by atoms with van der Waals surface area (Å²) in [6, 6.07) is 14.9. The molecule has 0 N–H and O–H groups in total. The monoisotopic (exact) mass is 412 g/mol. The van der Waals surface area contributed by atoms with Crippen molar-refractivity contribution in [1.82, 2.24) is 4.57 Å². The van der Waals surface area contributed by atoms with E-state index in [1.54, 1.807) is 26.3 Å². The number of rotatable bonds is 5. The molecule has 28 heavy (non-hydrogen) atoms. The number of thiazole rings is 1. The van der Waals surface area contributed by atoms with Crippen LogP contribution in [-0.4, -0.2) is 11.7 Å². The normalized spacial score (nSPS) is 12.1. The molecule has 3 aromatic rings. The molecule has 1 heterocycles. The van der Waals surface area contributed by atoms with Gasteiger partial charge in [-0.1, -0.05) is 29.8 Å². The molecule has 0 fully saturated rings. The van der Waals surface area contributed by atoms with Crippen LogP contribution in [0.1, 0.15) is 11.1 Å². The van der Waals surface area contributed by atoms with Gasteiger partial charge in [0.25, 0.3) is 5.56 Å². The molecule has 5 nitrogen and oxygen atoms in total. The molecule has 0 atom stereocenters. The second kappa shape index (κ2) is 8.79. The zero-order chi connectivity index (χ0) is 20.1. The molecule has 2 aromatic carbocycles. The van der Waals surface area contributed by atoms with Gasteiger partial charge in [0, 0.05) is 18.1 Å². The number of benzene rings is 2. The first-order valence-corrected chi connectivity index (χ1v) is 9.54. The van der Waals surface area contributed by atoms with Gasteiger partial charge in [-0.3, -0.25) is 4.79 Å². The highest BCUT2D eigenvalue weighted by molar-refractivity contribution is 7.07. The molecule has 0 aliphatic rings. The molecule has 142 valence electrons. The Morgan fingerprint density at radius 1 is 1.21 bits per heavy atom. The van der Waals surface area contributed by atoms with Gasteiger partial charge in [-0.2, -0.15) is 5.26 Å². The van der Waals surface area contributed by atoms with Crippen LogP contribution in [0.5, 0.6) is 11.5 Å². The molecule has 0 bridgehead atoms. The summed E-state index contributed by atoms with van der Waals surface area (Å²) < 4.78 is 13.9. The molecule has 0 aliphatic heterocycles. The minimum atomic E-state index is -0.145. The van der Waals surface area contributed by atoms with Crippen molar-refractivity contribution in [1.29, 1.82) is 5.26 Å². The highest BCUT2D eigenvalue weighted by Crippen LogP contribution is 2.29. The molecule has 0 saturated heterocycles. The van der Waals surface area contributed by atoms with Crippen LogP contribution in [0, 0.1) is 11.3 Å². The Morgan fingerprint density at radius 3 is 2.64 bits per heavy atom. The van der Waals surface area contributed by atoms with Crippen LogP contribution in [0.25, 0.3) is 12.2 Å². The molecule has 0 aliphatic carbocycles. The van der Waals surface area contributed by atoms with E-state index in [1.165, 1.54) is 22.0 Å². The Morgan fingerprint density at radius 2 is 1.96 bits per heavy atom. The zero-order valence-corrected chi connectivity index (χ0v) is 16.9. The molecule has 7 heteroatoms. The van der Waals surface area contributed by atoms with Crippen molar-refractivity contribution in [3.8, 4) is 17.6 Å². The Labute approximate surface area is 171 Å². The van der Waals surface area contributed by atoms with Crippen LogP contribution >= 0.6 is 22.9 Å². The number of hydrogen-bond acceptors (Lipinski definition) is 5. The van der Waals surface area contributed by atoms with Crippen LogP contribution in [0.2, 0.25) is 5.02 Å².